The third-order valence-corrected chi connectivity index (χ3v) is 6.94. The minimum Gasteiger partial charge on any atom is -0.388 e. The van der Waals surface area contributed by atoms with Gasteiger partial charge in [0.2, 0.25) is 0 Å². The SMILES string of the molecule is Cc1ccnc2ccc(-c3c(-c4ccc(F)cc4)nc(N)c4nc(C(=O)N5CCC(C)(O)C5)cn34)cc12. The van der Waals surface area contributed by atoms with Crippen LogP contribution in [0, 0.1) is 12.7 Å². The molecule has 0 radical (unpaired) electrons. The molecular formula is C28H25FN6O2. The van der Waals surface area contributed by atoms with Crippen molar-refractivity contribution in [2.75, 3.05) is 18.8 Å². The molecule has 186 valence electrons. The first-order chi connectivity index (χ1) is 17.7. The molecule has 1 fully saturated rings. The van der Waals surface area contributed by atoms with E-state index in [1.54, 1.807) is 40.8 Å². The van der Waals surface area contributed by atoms with E-state index in [1.807, 2.05) is 31.2 Å². The zero-order chi connectivity index (χ0) is 25.9. The number of aromatic nitrogens is 4. The Morgan fingerprint density at radius 2 is 1.86 bits per heavy atom. The summed E-state index contributed by atoms with van der Waals surface area (Å²) in [5, 5.41) is 11.3. The second-order valence-corrected chi connectivity index (χ2v) is 9.85. The van der Waals surface area contributed by atoms with Crippen molar-refractivity contribution < 1.29 is 14.3 Å². The zero-order valence-electron chi connectivity index (χ0n) is 20.4. The topological polar surface area (TPSA) is 110 Å². The fraction of sp³-hybridized carbons (Fsp3) is 0.214. The first kappa shape index (κ1) is 23.1. The third-order valence-electron chi connectivity index (χ3n) is 6.94. The van der Waals surface area contributed by atoms with Gasteiger partial charge in [-0.1, -0.05) is 6.07 Å². The van der Waals surface area contributed by atoms with Crippen molar-refractivity contribution in [1.29, 1.82) is 0 Å². The smallest absolute Gasteiger partial charge is 0.274 e. The number of carbonyl (C=O) groups is 1. The molecular weight excluding hydrogens is 471 g/mol. The maximum Gasteiger partial charge on any atom is 0.274 e. The normalized spacial score (nSPS) is 17.7. The molecule has 5 aromatic rings. The quantitative estimate of drug-likeness (QED) is 0.387. The van der Waals surface area contributed by atoms with Gasteiger partial charge in [-0.25, -0.2) is 14.4 Å². The number of pyridine rings is 1. The van der Waals surface area contributed by atoms with E-state index < -0.39 is 5.60 Å². The Morgan fingerprint density at radius 3 is 2.59 bits per heavy atom. The molecule has 6 rings (SSSR count). The van der Waals surface area contributed by atoms with Gasteiger partial charge >= 0.3 is 0 Å². The fourth-order valence-corrected chi connectivity index (χ4v) is 4.97. The Labute approximate surface area is 212 Å². The summed E-state index contributed by atoms with van der Waals surface area (Å²) in [5.74, 6) is -0.494. The molecule has 1 atom stereocenters. The number of amides is 1. The average molecular weight is 497 g/mol. The highest BCUT2D eigenvalue weighted by Crippen LogP contribution is 2.35. The van der Waals surface area contributed by atoms with Gasteiger partial charge in [0.15, 0.2) is 11.5 Å². The van der Waals surface area contributed by atoms with Gasteiger partial charge in [-0.05, 0) is 68.3 Å². The van der Waals surface area contributed by atoms with E-state index in [4.69, 9.17) is 5.73 Å². The van der Waals surface area contributed by atoms with Gasteiger partial charge in [0.05, 0.1) is 22.5 Å². The van der Waals surface area contributed by atoms with E-state index in [0.29, 0.717) is 35.6 Å². The number of aryl methyl sites for hydroxylation is 1. The molecule has 1 aliphatic rings. The number of nitrogen functional groups attached to an aromatic ring is 1. The Morgan fingerprint density at radius 1 is 1.11 bits per heavy atom. The summed E-state index contributed by atoms with van der Waals surface area (Å²) in [6.45, 7) is 4.41. The number of benzene rings is 2. The number of imidazole rings is 1. The Balaban J connectivity index is 1.59. The monoisotopic (exact) mass is 496 g/mol. The average Bonchev–Trinajstić information content (AvgIpc) is 3.48. The van der Waals surface area contributed by atoms with E-state index in [2.05, 4.69) is 15.0 Å². The van der Waals surface area contributed by atoms with Gasteiger partial charge in [-0.15, -0.1) is 0 Å². The van der Waals surface area contributed by atoms with E-state index in [9.17, 15) is 14.3 Å². The predicted molar refractivity (Wildman–Crippen MR) is 139 cm³/mol. The minimum atomic E-state index is -0.923. The lowest BCUT2D eigenvalue weighted by atomic mass is 10.0. The number of hydrogen-bond donors (Lipinski definition) is 2. The molecule has 2 aromatic carbocycles. The molecule has 4 heterocycles. The fourth-order valence-electron chi connectivity index (χ4n) is 4.97. The molecule has 0 aliphatic carbocycles. The molecule has 0 bridgehead atoms. The number of nitrogens with zero attached hydrogens (tertiary/aromatic N) is 5. The maximum atomic E-state index is 13.7. The van der Waals surface area contributed by atoms with Crippen LogP contribution >= 0.6 is 0 Å². The minimum absolute atomic E-state index is 0.147. The maximum absolute atomic E-state index is 13.7. The number of likely N-dealkylation sites (tertiary alicyclic amines) is 1. The van der Waals surface area contributed by atoms with Crippen molar-refractivity contribution in [3.8, 4) is 22.5 Å². The van der Waals surface area contributed by atoms with Gasteiger partial charge in [-0.3, -0.25) is 14.2 Å². The second-order valence-electron chi connectivity index (χ2n) is 9.85. The second kappa shape index (κ2) is 8.35. The number of fused-ring (bicyclic) bond motifs is 2. The van der Waals surface area contributed by atoms with Crippen LogP contribution in [0.4, 0.5) is 10.2 Å². The lowest BCUT2D eigenvalue weighted by Gasteiger charge is -2.17. The Bertz CT molecular complexity index is 1690. The van der Waals surface area contributed by atoms with Crippen molar-refractivity contribution in [3.05, 3.63) is 78.0 Å². The first-order valence-electron chi connectivity index (χ1n) is 12.0. The van der Waals surface area contributed by atoms with Gasteiger partial charge in [-0.2, -0.15) is 0 Å². The van der Waals surface area contributed by atoms with E-state index in [0.717, 1.165) is 22.0 Å². The van der Waals surface area contributed by atoms with Crippen LogP contribution in [-0.2, 0) is 0 Å². The van der Waals surface area contributed by atoms with Crippen LogP contribution in [0.2, 0.25) is 0 Å². The summed E-state index contributed by atoms with van der Waals surface area (Å²) in [5.41, 5.74) is 10.6. The number of hydrogen-bond acceptors (Lipinski definition) is 6. The van der Waals surface area contributed by atoms with Crippen molar-refractivity contribution in [3.63, 3.8) is 0 Å². The largest absolute Gasteiger partial charge is 0.388 e. The van der Waals surface area contributed by atoms with E-state index >= 15 is 0 Å². The summed E-state index contributed by atoms with van der Waals surface area (Å²) in [4.78, 5) is 28.6. The summed E-state index contributed by atoms with van der Waals surface area (Å²) in [7, 11) is 0. The van der Waals surface area contributed by atoms with Crippen molar-refractivity contribution in [2.24, 2.45) is 0 Å². The molecule has 1 amide bonds. The number of anilines is 1. The lowest BCUT2D eigenvalue weighted by Crippen LogP contribution is -2.34. The highest BCUT2D eigenvalue weighted by atomic mass is 19.1. The van der Waals surface area contributed by atoms with Crippen LogP contribution in [0.25, 0.3) is 39.1 Å². The van der Waals surface area contributed by atoms with Gasteiger partial charge in [0.25, 0.3) is 5.91 Å². The van der Waals surface area contributed by atoms with Crippen LogP contribution < -0.4 is 5.73 Å². The highest BCUT2D eigenvalue weighted by molar-refractivity contribution is 5.95. The molecule has 1 aliphatic heterocycles. The molecule has 8 nitrogen and oxygen atoms in total. The van der Waals surface area contributed by atoms with Crippen molar-refractivity contribution in [2.45, 2.75) is 25.9 Å². The molecule has 1 unspecified atom stereocenters. The number of halogens is 1. The van der Waals surface area contributed by atoms with Gasteiger partial charge in [0.1, 0.15) is 11.5 Å². The van der Waals surface area contributed by atoms with Crippen LogP contribution in [0.5, 0.6) is 0 Å². The van der Waals surface area contributed by atoms with Gasteiger partial charge < -0.3 is 15.7 Å². The number of carbonyl (C=O) groups excluding carboxylic acids is 1. The van der Waals surface area contributed by atoms with Crippen molar-refractivity contribution >= 4 is 28.3 Å². The van der Waals surface area contributed by atoms with Crippen molar-refractivity contribution in [1.82, 2.24) is 24.3 Å². The van der Waals surface area contributed by atoms with Crippen LogP contribution in [0.1, 0.15) is 29.4 Å². The Hall–Kier alpha value is -4.37. The molecule has 1 saturated heterocycles. The molecule has 0 spiro atoms. The van der Waals surface area contributed by atoms with E-state index in [-0.39, 0.29) is 29.8 Å². The Kier molecular flexibility index (Phi) is 5.20. The lowest BCUT2D eigenvalue weighted by molar-refractivity contribution is 0.0569. The van der Waals surface area contributed by atoms with Crippen LogP contribution in [0.3, 0.4) is 0 Å². The van der Waals surface area contributed by atoms with Gasteiger partial charge in [0, 0.05) is 42.0 Å². The summed E-state index contributed by atoms with van der Waals surface area (Å²) in [6.07, 6.45) is 3.93. The highest BCUT2D eigenvalue weighted by Gasteiger charge is 2.35. The number of rotatable bonds is 3. The molecule has 3 N–H and O–H groups in total. The number of β-amino-alcohol motifs (C(OH)–C–C–N with tert-alkyl or cyclic N) is 1. The van der Waals surface area contributed by atoms with Crippen LogP contribution in [0.15, 0.2) is 60.9 Å². The summed E-state index contributed by atoms with van der Waals surface area (Å²) < 4.78 is 15.5. The van der Waals surface area contributed by atoms with E-state index in [1.165, 1.54) is 12.1 Å². The molecule has 9 heteroatoms. The zero-order valence-corrected chi connectivity index (χ0v) is 20.4. The number of aliphatic hydroxyl groups is 1. The molecule has 37 heavy (non-hydrogen) atoms. The standard InChI is InChI=1S/C28H25FN6O2/c1-16-9-11-31-21-8-5-18(13-20(16)21)24-23(17-3-6-19(29)7-4-17)33-25(30)26-32-22(14-35(24)26)27(36)34-12-10-28(2,37)15-34/h3-9,11,13-14,37H,10,12,15H2,1-2H3,(H2,30,33). The molecule has 3 aromatic heterocycles. The predicted octanol–water partition coefficient (Wildman–Crippen LogP) is 4.24. The number of nitrogens with two attached hydrogens (primary N) is 1. The first-order valence-corrected chi connectivity index (χ1v) is 12.0. The molecule has 0 saturated carbocycles. The summed E-state index contributed by atoms with van der Waals surface area (Å²) in [6, 6.07) is 13.9. The third kappa shape index (κ3) is 3.97. The van der Waals surface area contributed by atoms with Crippen LogP contribution in [-0.4, -0.2) is 54.0 Å². The summed E-state index contributed by atoms with van der Waals surface area (Å²) >= 11 is 0.